The molecule has 5 nitrogen and oxygen atoms in total. The molecule has 1 atom stereocenters. The average Bonchev–Trinajstić information content (AvgIpc) is 2.62. The number of rotatable bonds is 5. The van der Waals surface area contributed by atoms with Gasteiger partial charge in [0, 0.05) is 23.1 Å². The molecule has 3 aromatic rings. The van der Waals surface area contributed by atoms with Crippen LogP contribution >= 0.6 is 23.2 Å². The van der Waals surface area contributed by atoms with Gasteiger partial charge in [-0.15, -0.1) is 0 Å². The number of pyridine rings is 1. The van der Waals surface area contributed by atoms with Gasteiger partial charge in [-0.2, -0.15) is 0 Å². The molecule has 0 saturated carbocycles. The molecule has 7 heteroatoms. The molecule has 1 N–H and O–H groups in total. The van der Waals surface area contributed by atoms with Crippen molar-refractivity contribution in [3.8, 4) is 5.75 Å². The van der Waals surface area contributed by atoms with E-state index in [9.17, 15) is 4.79 Å². The second kappa shape index (κ2) is 7.40. The Kier molecular flexibility index (Phi) is 5.20. The van der Waals surface area contributed by atoms with Gasteiger partial charge in [-0.05, 0) is 54.8 Å². The molecule has 1 aromatic heterocycles. The minimum Gasteiger partial charge on any atom is -0.479 e. The lowest BCUT2D eigenvalue weighted by Crippen LogP contribution is -2.22. The van der Waals surface area contributed by atoms with Gasteiger partial charge < -0.3 is 14.7 Å². The number of aromatic nitrogens is 1. The van der Waals surface area contributed by atoms with Crippen LogP contribution in [0.15, 0.2) is 48.5 Å². The third-order valence-electron chi connectivity index (χ3n) is 3.96. The molecular weight excluding hydrogens is 375 g/mol. The van der Waals surface area contributed by atoms with Gasteiger partial charge in [-0.25, -0.2) is 9.78 Å². The van der Waals surface area contributed by atoms with E-state index >= 15 is 0 Å². The number of ether oxygens (including phenoxy) is 1. The molecule has 0 bridgehead atoms. The highest BCUT2D eigenvalue weighted by Crippen LogP contribution is 2.31. The molecule has 3 rings (SSSR count). The Morgan fingerprint density at radius 3 is 2.50 bits per heavy atom. The third-order valence-corrected chi connectivity index (χ3v) is 4.49. The predicted octanol–water partition coefficient (Wildman–Crippen LogP) is 5.16. The number of hydrogen-bond donors (Lipinski definition) is 1. The van der Waals surface area contributed by atoms with Gasteiger partial charge in [-0.1, -0.05) is 29.3 Å². The minimum absolute atomic E-state index is 0.377. The number of hydrogen-bond acceptors (Lipinski definition) is 4. The Morgan fingerprint density at radius 1 is 1.15 bits per heavy atom. The predicted molar refractivity (Wildman–Crippen MR) is 104 cm³/mol. The average molecular weight is 391 g/mol. The standard InChI is InChI=1S/C19H16Cl2N2O3/c1-11(19(24)25)26-15-7-5-14(6-8-15)23(2)17-9-12-3-4-13(20)10-16(12)18(21)22-17/h3-11H,1-2H3,(H,24,25). The monoisotopic (exact) mass is 390 g/mol. The maximum atomic E-state index is 10.9. The van der Waals surface area contributed by atoms with Crippen LogP contribution < -0.4 is 9.64 Å². The van der Waals surface area contributed by atoms with Crippen molar-refractivity contribution < 1.29 is 14.6 Å². The zero-order valence-electron chi connectivity index (χ0n) is 14.1. The number of aliphatic carboxylic acids is 1. The number of halogens is 2. The minimum atomic E-state index is -1.01. The molecule has 26 heavy (non-hydrogen) atoms. The van der Waals surface area contributed by atoms with Gasteiger partial charge in [0.15, 0.2) is 6.10 Å². The molecule has 0 fully saturated rings. The van der Waals surface area contributed by atoms with E-state index in [1.807, 2.05) is 36.2 Å². The van der Waals surface area contributed by atoms with Crippen molar-refractivity contribution in [2.45, 2.75) is 13.0 Å². The Balaban J connectivity index is 1.87. The highest BCUT2D eigenvalue weighted by Gasteiger charge is 2.13. The first-order valence-electron chi connectivity index (χ1n) is 7.84. The Labute approximate surface area is 160 Å². The maximum Gasteiger partial charge on any atom is 0.344 e. The molecule has 0 aliphatic rings. The summed E-state index contributed by atoms with van der Waals surface area (Å²) in [5.74, 6) is 0.148. The smallest absolute Gasteiger partial charge is 0.344 e. The van der Waals surface area contributed by atoms with Crippen molar-refractivity contribution in [2.24, 2.45) is 0 Å². The van der Waals surface area contributed by atoms with Gasteiger partial charge in [-0.3, -0.25) is 0 Å². The molecule has 0 saturated heterocycles. The number of fused-ring (bicyclic) bond motifs is 1. The summed E-state index contributed by atoms with van der Waals surface area (Å²) in [6.45, 7) is 1.48. The molecule has 0 aliphatic heterocycles. The molecule has 134 valence electrons. The van der Waals surface area contributed by atoms with Gasteiger partial charge in [0.1, 0.15) is 16.7 Å². The molecule has 2 aromatic carbocycles. The van der Waals surface area contributed by atoms with Crippen LogP contribution in [0, 0.1) is 0 Å². The lowest BCUT2D eigenvalue weighted by atomic mass is 10.1. The number of carbonyl (C=O) groups is 1. The SMILES string of the molecule is CC(Oc1ccc(N(C)c2cc3ccc(Cl)cc3c(Cl)n2)cc1)C(=O)O. The lowest BCUT2D eigenvalue weighted by Gasteiger charge is -2.20. The second-order valence-electron chi connectivity index (χ2n) is 5.79. The number of benzene rings is 2. The summed E-state index contributed by atoms with van der Waals surface area (Å²) in [7, 11) is 1.87. The molecule has 1 unspecified atom stereocenters. The van der Waals surface area contributed by atoms with Crippen LogP contribution in [0.3, 0.4) is 0 Å². The number of carboxylic acid groups (broad SMARTS) is 1. The van der Waals surface area contributed by atoms with Gasteiger partial charge in [0.25, 0.3) is 0 Å². The van der Waals surface area contributed by atoms with Crippen LogP contribution in [0.25, 0.3) is 10.8 Å². The van der Waals surface area contributed by atoms with Crippen molar-refractivity contribution in [2.75, 3.05) is 11.9 Å². The molecular formula is C19H16Cl2N2O3. The van der Waals surface area contributed by atoms with Crippen LogP contribution in [0.5, 0.6) is 5.75 Å². The van der Waals surface area contributed by atoms with Crippen LogP contribution in [-0.4, -0.2) is 29.2 Å². The number of anilines is 2. The summed E-state index contributed by atoms with van der Waals surface area (Å²) in [5.41, 5.74) is 0.859. The highest BCUT2D eigenvalue weighted by atomic mass is 35.5. The summed E-state index contributed by atoms with van der Waals surface area (Å²) in [4.78, 5) is 17.2. The Bertz CT molecular complexity index is 961. The second-order valence-corrected chi connectivity index (χ2v) is 6.58. The first-order valence-corrected chi connectivity index (χ1v) is 8.60. The van der Waals surface area contributed by atoms with Crippen molar-refractivity contribution in [3.63, 3.8) is 0 Å². The third kappa shape index (κ3) is 3.84. The maximum absolute atomic E-state index is 10.9. The lowest BCUT2D eigenvalue weighted by molar-refractivity contribution is -0.144. The van der Waals surface area contributed by atoms with E-state index in [0.717, 1.165) is 16.5 Å². The molecule has 1 heterocycles. The largest absolute Gasteiger partial charge is 0.479 e. The van der Waals surface area contributed by atoms with E-state index < -0.39 is 12.1 Å². The fourth-order valence-electron chi connectivity index (χ4n) is 2.47. The van der Waals surface area contributed by atoms with E-state index in [1.165, 1.54) is 6.92 Å². The highest BCUT2D eigenvalue weighted by molar-refractivity contribution is 6.36. The molecule has 0 amide bonds. The topological polar surface area (TPSA) is 62.7 Å². The fraction of sp³-hybridized carbons (Fsp3) is 0.158. The summed E-state index contributed by atoms with van der Waals surface area (Å²) in [5, 5.41) is 11.6. The summed E-state index contributed by atoms with van der Waals surface area (Å²) in [6, 6.07) is 14.5. The quantitative estimate of drug-likeness (QED) is 0.609. The first-order chi connectivity index (χ1) is 12.3. The van der Waals surface area contributed by atoms with Gasteiger partial charge in [0.05, 0.1) is 0 Å². The van der Waals surface area contributed by atoms with Crippen LogP contribution in [-0.2, 0) is 4.79 Å². The van der Waals surface area contributed by atoms with Crippen molar-refractivity contribution in [1.29, 1.82) is 0 Å². The van der Waals surface area contributed by atoms with E-state index in [-0.39, 0.29) is 0 Å². The molecule has 0 spiro atoms. The normalized spacial score (nSPS) is 12.0. The van der Waals surface area contributed by atoms with Crippen molar-refractivity contribution >= 4 is 51.4 Å². The Hall–Kier alpha value is -2.50. The zero-order chi connectivity index (χ0) is 18.8. The van der Waals surface area contributed by atoms with Crippen molar-refractivity contribution in [3.05, 3.63) is 58.7 Å². The van der Waals surface area contributed by atoms with Gasteiger partial charge in [0.2, 0.25) is 0 Å². The number of nitrogens with zero attached hydrogens (tertiary/aromatic N) is 2. The van der Waals surface area contributed by atoms with E-state index in [1.54, 1.807) is 24.3 Å². The first kappa shape index (κ1) is 18.3. The fourth-order valence-corrected chi connectivity index (χ4v) is 2.89. The summed E-state index contributed by atoms with van der Waals surface area (Å²) in [6.07, 6.45) is -0.911. The molecule has 0 aliphatic carbocycles. The zero-order valence-corrected chi connectivity index (χ0v) is 15.6. The van der Waals surface area contributed by atoms with Crippen molar-refractivity contribution in [1.82, 2.24) is 4.98 Å². The van der Waals surface area contributed by atoms with Gasteiger partial charge >= 0.3 is 5.97 Å². The van der Waals surface area contributed by atoms with Crippen LogP contribution in [0.4, 0.5) is 11.5 Å². The number of carboxylic acids is 1. The van der Waals surface area contributed by atoms with Crippen LogP contribution in [0.2, 0.25) is 10.2 Å². The summed E-state index contributed by atoms with van der Waals surface area (Å²) >= 11 is 12.3. The van der Waals surface area contributed by atoms with Crippen LogP contribution in [0.1, 0.15) is 6.92 Å². The van der Waals surface area contributed by atoms with E-state index in [2.05, 4.69) is 4.98 Å². The summed E-state index contributed by atoms with van der Waals surface area (Å²) < 4.78 is 5.34. The van der Waals surface area contributed by atoms with E-state index in [0.29, 0.717) is 21.7 Å². The van der Waals surface area contributed by atoms with E-state index in [4.69, 9.17) is 33.0 Å². The molecule has 0 radical (unpaired) electrons. The Morgan fingerprint density at radius 2 is 1.85 bits per heavy atom.